The van der Waals surface area contributed by atoms with Gasteiger partial charge in [-0.25, -0.2) is 0 Å². The fourth-order valence-electron chi connectivity index (χ4n) is 3.46. The van der Waals surface area contributed by atoms with Crippen molar-refractivity contribution >= 4 is 35.7 Å². The second-order valence-corrected chi connectivity index (χ2v) is 8.08. The highest BCUT2D eigenvalue weighted by molar-refractivity contribution is 5.66. The summed E-state index contributed by atoms with van der Waals surface area (Å²) in [6.45, 7) is 0. The molecule has 0 fully saturated rings. The van der Waals surface area contributed by atoms with Gasteiger partial charge in [-0.2, -0.15) is 0 Å². The van der Waals surface area contributed by atoms with Crippen molar-refractivity contribution in [2.45, 2.75) is 0 Å². The lowest BCUT2D eigenvalue weighted by Crippen LogP contribution is -1.88. The molecule has 2 aromatic heterocycles. The molecule has 0 amide bonds. The Kier molecular flexibility index (Phi) is 8.39. The first-order valence-electron chi connectivity index (χ1n) is 11.6. The molecule has 4 aromatic rings. The Morgan fingerprint density at radius 2 is 0.842 bits per heavy atom. The van der Waals surface area contributed by atoms with Gasteiger partial charge in [0.2, 0.25) is 0 Å². The van der Waals surface area contributed by atoms with Gasteiger partial charge in [-0.1, -0.05) is 48.6 Å². The Balaban J connectivity index is 1.39. The molecule has 0 aliphatic heterocycles. The molecule has 0 atom stereocenters. The topological polar surface area (TPSA) is 112 Å². The number of nitro benzene ring substituents is 2. The van der Waals surface area contributed by atoms with Crippen molar-refractivity contribution < 1.29 is 9.85 Å². The van der Waals surface area contributed by atoms with Crippen molar-refractivity contribution in [2.75, 3.05) is 0 Å². The summed E-state index contributed by atoms with van der Waals surface area (Å²) in [6, 6.07) is 20.4. The number of aromatic nitrogens is 2. The van der Waals surface area contributed by atoms with Gasteiger partial charge in [-0.05, 0) is 70.8 Å². The molecule has 0 aliphatic rings. The summed E-state index contributed by atoms with van der Waals surface area (Å²) in [7, 11) is 0. The molecule has 0 saturated carbocycles. The van der Waals surface area contributed by atoms with E-state index in [1.165, 1.54) is 24.3 Å². The zero-order valence-electron chi connectivity index (χ0n) is 20.1. The number of allylic oxidation sites excluding steroid dienone is 4. The highest BCUT2D eigenvalue weighted by Gasteiger charge is 2.04. The van der Waals surface area contributed by atoms with E-state index in [-0.39, 0.29) is 11.4 Å². The van der Waals surface area contributed by atoms with E-state index >= 15 is 0 Å². The zero-order valence-corrected chi connectivity index (χ0v) is 20.1. The van der Waals surface area contributed by atoms with E-state index < -0.39 is 9.85 Å². The second-order valence-electron chi connectivity index (χ2n) is 8.08. The number of benzene rings is 2. The average Bonchev–Trinajstić information content (AvgIpc) is 2.94. The van der Waals surface area contributed by atoms with Gasteiger partial charge in [0, 0.05) is 36.7 Å². The zero-order chi connectivity index (χ0) is 26.7. The van der Waals surface area contributed by atoms with Gasteiger partial charge in [-0.15, -0.1) is 0 Å². The van der Waals surface area contributed by atoms with Crippen molar-refractivity contribution in [1.82, 2.24) is 9.97 Å². The number of nitrogens with zero attached hydrogens (tertiary/aromatic N) is 4. The first-order valence-corrected chi connectivity index (χ1v) is 11.6. The van der Waals surface area contributed by atoms with Gasteiger partial charge in [0.25, 0.3) is 11.4 Å². The molecule has 2 aromatic carbocycles. The van der Waals surface area contributed by atoms with E-state index in [4.69, 9.17) is 0 Å². The molecule has 186 valence electrons. The third kappa shape index (κ3) is 7.25. The third-order valence-electron chi connectivity index (χ3n) is 5.42. The number of hydrogen-bond acceptors (Lipinski definition) is 6. The molecule has 2 heterocycles. The minimum atomic E-state index is -0.420. The van der Waals surface area contributed by atoms with Crippen LogP contribution < -0.4 is 0 Å². The van der Waals surface area contributed by atoms with Crippen molar-refractivity contribution in [2.24, 2.45) is 0 Å². The molecule has 0 radical (unpaired) electrons. The minimum absolute atomic E-state index is 0.0638. The Morgan fingerprint density at radius 1 is 0.500 bits per heavy atom. The molecule has 0 saturated heterocycles. The Labute approximate surface area is 219 Å². The maximum atomic E-state index is 10.8. The molecule has 8 heteroatoms. The standard InChI is InChI=1S/C30H22N4O4/c35-33(36)27-13-9-23(10-14-27)5-1-3-7-25-17-19-31-29(21-25)30-22-26(18-20-32-30)8-4-2-6-24-11-15-28(16-12-24)34(37)38/h1-22H/b5-1+,6-2+,7-3+,8-4+. The fraction of sp³-hybridized carbons (Fsp3) is 0. The Hall–Kier alpha value is -5.50. The lowest BCUT2D eigenvalue weighted by atomic mass is 10.1. The third-order valence-corrected chi connectivity index (χ3v) is 5.42. The molecule has 0 spiro atoms. The quantitative estimate of drug-likeness (QED) is 0.134. The van der Waals surface area contributed by atoms with Crippen LogP contribution in [-0.4, -0.2) is 19.8 Å². The smallest absolute Gasteiger partial charge is 0.258 e. The van der Waals surface area contributed by atoms with Crippen molar-refractivity contribution in [3.05, 3.63) is 152 Å². The molecule has 0 unspecified atom stereocenters. The molecular formula is C30H22N4O4. The van der Waals surface area contributed by atoms with E-state index in [0.29, 0.717) is 0 Å². The maximum Gasteiger partial charge on any atom is 0.269 e. The molecule has 0 aliphatic carbocycles. The van der Waals surface area contributed by atoms with Gasteiger partial charge in [0.1, 0.15) is 0 Å². The normalized spacial score (nSPS) is 11.7. The predicted molar refractivity (Wildman–Crippen MR) is 150 cm³/mol. The Morgan fingerprint density at radius 3 is 1.18 bits per heavy atom. The highest BCUT2D eigenvalue weighted by atomic mass is 16.6. The van der Waals surface area contributed by atoms with Crippen LogP contribution in [-0.2, 0) is 0 Å². The van der Waals surface area contributed by atoms with Crippen LogP contribution in [0.4, 0.5) is 11.4 Å². The predicted octanol–water partition coefficient (Wildman–Crippen LogP) is 7.41. The van der Waals surface area contributed by atoms with Crippen molar-refractivity contribution in [3.63, 3.8) is 0 Å². The molecule has 4 rings (SSSR count). The molecule has 8 nitrogen and oxygen atoms in total. The average molecular weight is 503 g/mol. The van der Waals surface area contributed by atoms with Crippen molar-refractivity contribution in [1.29, 1.82) is 0 Å². The maximum absolute atomic E-state index is 10.8. The monoisotopic (exact) mass is 502 g/mol. The van der Waals surface area contributed by atoms with Crippen LogP contribution in [0.5, 0.6) is 0 Å². The number of hydrogen-bond donors (Lipinski definition) is 0. The van der Waals surface area contributed by atoms with Gasteiger partial charge in [0.15, 0.2) is 0 Å². The van der Waals surface area contributed by atoms with E-state index in [2.05, 4.69) is 9.97 Å². The van der Waals surface area contributed by atoms with E-state index in [1.807, 2.05) is 72.9 Å². The molecule has 0 N–H and O–H groups in total. The van der Waals surface area contributed by atoms with Crippen LogP contribution >= 0.6 is 0 Å². The number of nitro groups is 2. The summed E-state index contributed by atoms with van der Waals surface area (Å²) in [6.07, 6.45) is 18.6. The summed E-state index contributed by atoms with van der Waals surface area (Å²) < 4.78 is 0. The lowest BCUT2D eigenvalue weighted by Gasteiger charge is -2.02. The second kappa shape index (κ2) is 12.5. The van der Waals surface area contributed by atoms with Gasteiger partial charge >= 0.3 is 0 Å². The number of non-ortho nitro benzene ring substituents is 2. The Bertz CT molecular complexity index is 1440. The number of rotatable bonds is 9. The summed E-state index contributed by atoms with van der Waals surface area (Å²) in [5, 5.41) is 21.5. The van der Waals surface area contributed by atoms with Crippen LogP contribution in [0.25, 0.3) is 35.7 Å². The van der Waals surface area contributed by atoms with Crippen LogP contribution in [0, 0.1) is 20.2 Å². The largest absolute Gasteiger partial charge is 0.269 e. The van der Waals surface area contributed by atoms with Crippen LogP contribution in [0.15, 0.2) is 109 Å². The number of pyridine rings is 2. The van der Waals surface area contributed by atoms with Gasteiger partial charge in [0.05, 0.1) is 21.2 Å². The molecule has 0 bridgehead atoms. The van der Waals surface area contributed by atoms with Crippen LogP contribution in [0.1, 0.15) is 22.3 Å². The van der Waals surface area contributed by atoms with Crippen LogP contribution in [0.3, 0.4) is 0 Å². The molecule has 38 heavy (non-hydrogen) atoms. The fourth-order valence-corrected chi connectivity index (χ4v) is 3.46. The first-order chi connectivity index (χ1) is 18.5. The summed E-state index contributed by atoms with van der Waals surface area (Å²) >= 11 is 0. The van der Waals surface area contributed by atoms with E-state index in [1.54, 1.807) is 36.7 Å². The summed E-state index contributed by atoms with van der Waals surface area (Å²) in [5.74, 6) is 0. The molecular weight excluding hydrogens is 480 g/mol. The summed E-state index contributed by atoms with van der Waals surface area (Å²) in [5.41, 5.74) is 5.25. The van der Waals surface area contributed by atoms with Gasteiger partial charge in [-0.3, -0.25) is 30.2 Å². The lowest BCUT2D eigenvalue weighted by molar-refractivity contribution is -0.385. The van der Waals surface area contributed by atoms with E-state index in [0.717, 1.165) is 33.6 Å². The highest BCUT2D eigenvalue weighted by Crippen LogP contribution is 2.19. The summed E-state index contributed by atoms with van der Waals surface area (Å²) in [4.78, 5) is 29.6. The van der Waals surface area contributed by atoms with E-state index in [9.17, 15) is 20.2 Å². The minimum Gasteiger partial charge on any atom is -0.258 e. The SMILES string of the molecule is O=[N+]([O-])c1ccc(/C=C/C=C/c2ccnc(-c3cc(/C=C/C=C/c4ccc([N+](=O)[O-])cc4)ccn3)c2)cc1. The van der Waals surface area contributed by atoms with Crippen molar-refractivity contribution in [3.8, 4) is 11.4 Å². The van der Waals surface area contributed by atoms with Gasteiger partial charge < -0.3 is 0 Å². The van der Waals surface area contributed by atoms with Crippen LogP contribution in [0.2, 0.25) is 0 Å². The first kappa shape index (κ1) is 25.6.